The van der Waals surface area contributed by atoms with E-state index in [4.69, 9.17) is 21.4 Å². The van der Waals surface area contributed by atoms with E-state index in [1.54, 1.807) is 0 Å². The van der Waals surface area contributed by atoms with E-state index in [0.29, 0.717) is 6.42 Å². The van der Waals surface area contributed by atoms with Gasteiger partial charge in [0.25, 0.3) is 0 Å². The number of benzene rings is 1. The summed E-state index contributed by atoms with van der Waals surface area (Å²) in [5.74, 6) is -1.11. The number of carbonyl (C=O) groups is 1. The van der Waals surface area contributed by atoms with Crippen LogP contribution in [-0.4, -0.2) is 32.6 Å². The number of carboxylic acids is 1. The number of nitrogens with one attached hydrogen (secondary N) is 1. The van der Waals surface area contributed by atoms with E-state index in [0.717, 1.165) is 6.42 Å². The SMILES string of the molecule is CCCC[C@H](NS(=O)(=O)c1cc(Cl)ccc1OC)C(=O)O. The molecule has 0 saturated heterocycles. The average Bonchev–Trinajstić information content (AvgIpc) is 2.43. The van der Waals surface area contributed by atoms with Crippen LogP contribution in [0.5, 0.6) is 5.75 Å². The summed E-state index contributed by atoms with van der Waals surface area (Å²) in [6.45, 7) is 1.90. The highest BCUT2D eigenvalue weighted by molar-refractivity contribution is 7.89. The van der Waals surface area contributed by atoms with Crippen molar-refractivity contribution in [3.8, 4) is 5.75 Å². The average molecular weight is 336 g/mol. The van der Waals surface area contributed by atoms with Gasteiger partial charge in [-0.2, -0.15) is 4.72 Å². The molecule has 0 unspecified atom stereocenters. The molecule has 118 valence electrons. The number of sulfonamides is 1. The molecular weight excluding hydrogens is 318 g/mol. The van der Waals surface area contributed by atoms with Crippen molar-refractivity contribution < 1.29 is 23.1 Å². The Balaban J connectivity index is 3.09. The molecule has 1 aromatic rings. The summed E-state index contributed by atoms with van der Waals surface area (Å²) >= 11 is 5.80. The van der Waals surface area contributed by atoms with Gasteiger partial charge in [0.2, 0.25) is 10.0 Å². The zero-order valence-corrected chi connectivity index (χ0v) is 13.4. The molecule has 0 aliphatic carbocycles. The van der Waals surface area contributed by atoms with E-state index in [2.05, 4.69) is 4.72 Å². The van der Waals surface area contributed by atoms with Gasteiger partial charge in [0.05, 0.1) is 7.11 Å². The summed E-state index contributed by atoms with van der Waals surface area (Å²) in [4.78, 5) is 11.0. The smallest absolute Gasteiger partial charge is 0.321 e. The van der Waals surface area contributed by atoms with Crippen LogP contribution in [0.2, 0.25) is 5.02 Å². The van der Waals surface area contributed by atoms with Gasteiger partial charge in [0.1, 0.15) is 16.7 Å². The van der Waals surface area contributed by atoms with Crippen LogP contribution in [0.3, 0.4) is 0 Å². The summed E-state index contributed by atoms with van der Waals surface area (Å²) in [7, 11) is -2.71. The van der Waals surface area contributed by atoms with Gasteiger partial charge in [-0.3, -0.25) is 4.79 Å². The van der Waals surface area contributed by atoms with Crippen molar-refractivity contribution in [3.05, 3.63) is 23.2 Å². The Morgan fingerprint density at radius 3 is 2.67 bits per heavy atom. The van der Waals surface area contributed by atoms with E-state index in [9.17, 15) is 13.2 Å². The molecule has 2 N–H and O–H groups in total. The zero-order valence-electron chi connectivity index (χ0n) is 11.8. The standard InChI is InChI=1S/C13H18ClNO5S/c1-3-4-5-10(13(16)17)15-21(18,19)12-8-9(14)6-7-11(12)20-2/h6-8,10,15H,3-5H2,1-2H3,(H,16,17)/t10-/m0/s1. The lowest BCUT2D eigenvalue weighted by molar-refractivity contribution is -0.139. The Morgan fingerprint density at radius 1 is 1.48 bits per heavy atom. The second-order valence-electron chi connectivity index (χ2n) is 4.45. The lowest BCUT2D eigenvalue weighted by Crippen LogP contribution is -2.40. The first kappa shape index (κ1) is 17.7. The maximum atomic E-state index is 12.3. The summed E-state index contributed by atoms with van der Waals surface area (Å²) in [5, 5.41) is 9.33. The van der Waals surface area contributed by atoms with Crippen LogP contribution in [0.1, 0.15) is 26.2 Å². The quantitative estimate of drug-likeness (QED) is 0.760. The molecule has 0 fully saturated rings. The van der Waals surface area contributed by atoms with Crippen LogP contribution in [-0.2, 0) is 14.8 Å². The van der Waals surface area contributed by atoms with Crippen LogP contribution in [0, 0.1) is 0 Å². The highest BCUT2D eigenvalue weighted by Crippen LogP contribution is 2.27. The van der Waals surface area contributed by atoms with E-state index in [1.807, 2.05) is 6.92 Å². The van der Waals surface area contributed by atoms with Crippen molar-refractivity contribution in [1.82, 2.24) is 4.72 Å². The Labute approximate surface area is 129 Å². The lowest BCUT2D eigenvalue weighted by atomic mass is 10.1. The molecule has 0 saturated carbocycles. The minimum absolute atomic E-state index is 0.103. The zero-order chi connectivity index (χ0) is 16.0. The van der Waals surface area contributed by atoms with Gasteiger partial charge in [-0.1, -0.05) is 31.4 Å². The van der Waals surface area contributed by atoms with Crippen LogP contribution >= 0.6 is 11.6 Å². The summed E-state index contributed by atoms with van der Waals surface area (Å²) in [6.07, 6.45) is 1.59. The summed E-state index contributed by atoms with van der Waals surface area (Å²) < 4.78 is 31.8. The molecule has 1 aromatic carbocycles. The van der Waals surface area contributed by atoms with Gasteiger partial charge < -0.3 is 9.84 Å². The number of unbranched alkanes of at least 4 members (excludes halogenated alkanes) is 1. The first-order valence-electron chi connectivity index (χ1n) is 6.40. The largest absolute Gasteiger partial charge is 0.495 e. The maximum Gasteiger partial charge on any atom is 0.321 e. The number of hydrogen-bond donors (Lipinski definition) is 2. The number of aliphatic carboxylic acids is 1. The fourth-order valence-corrected chi connectivity index (χ4v) is 3.41. The molecule has 8 heteroatoms. The van der Waals surface area contributed by atoms with Crippen molar-refractivity contribution in [2.75, 3.05) is 7.11 Å². The van der Waals surface area contributed by atoms with E-state index >= 15 is 0 Å². The molecule has 0 heterocycles. The van der Waals surface area contributed by atoms with Gasteiger partial charge in [-0.15, -0.1) is 0 Å². The molecule has 0 bridgehead atoms. The van der Waals surface area contributed by atoms with E-state index in [-0.39, 0.29) is 22.1 Å². The molecule has 6 nitrogen and oxygen atoms in total. The number of hydrogen-bond acceptors (Lipinski definition) is 4. The number of methoxy groups -OCH3 is 1. The number of ether oxygens (including phenoxy) is 1. The molecule has 0 aliphatic rings. The Kier molecular flexibility index (Phi) is 6.44. The lowest BCUT2D eigenvalue weighted by Gasteiger charge is -2.16. The monoisotopic (exact) mass is 335 g/mol. The second-order valence-corrected chi connectivity index (χ2v) is 6.57. The molecule has 1 rings (SSSR count). The highest BCUT2D eigenvalue weighted by Gasteiger charge is 2.27. The fraction of sp³-hybridized carbons (Fsp3) is 0.462. The van der Waals surface area contributed by atoms with E-state index < -0.39 is 22.0 Å². The second kappa shape index (κ2) is 7.63. The van der Waals surface area contributed by atoms with Gasteiger partial charge in [0.15, 0.2) is 0 Å². The molecule has 0 amide bonds. The Hall–Kier alpha value is -1.31. The van der Waals surface area contributed by atoms with Crippen molar-refractivity contribution in [2.45, 2.75) is 37.1 Å². The first-order chi connectivity index (χ1) is 9.81. The predicted octanol–water partition coefficient (Wildman–Crippen LogP) is 2.27. The highest BCUT2D eigenvalue weighted by atomic mass is 35.5. The Morgan fingerprint density at radius 2 is 2.14 bits per heavy atom. The van der Waals surface area contributed by atoms with Crippen molar-refractivity contribution >= 4 is 27.6 Å². The van der Waals surface area contributed by atoms with Gasteiger partial charge in [-0.05, 0) is 24.6 Å². The fourth-order valence-electron chi connectivity index (χ4n) is 1.75. The number of carboxylic acid groups (broad SMARTS) is 1. The molecule has 0 spiro atoms. The van der Waals surface area contributed by atoms with Gasteiger partial charge >= 0.3 is 5.97 Å². The third-order valence-corrected chi connectivity index (χ3v) is 4.59. The molecule has 1 atom stereocenters. The third-order valence-electron chi connectivity index (χ3n) is 2.86. The van der Waals surface area contributed by atoms with Crippen molar-refractivity contribution in [3.63, 3.8) is 0 Å². The first-order valence-corrected chi connectivity index (χ1v) is 8.26. The van der Waals surface area contributed by atoms with E-state index in [1.165, 1.54) is 25.3 Å². The van der Waals surface area contributed by atoms with Crippen LogP contribution < -0.4 is 9.46 Å². The van der Waals surface area contributed by atoms with Gasteiger partial charge in [-0.25, -0.2) is 8.42 Å². The summed E-state index contributed by atoms with van der Waals surface area (Å²) in [6, 6.07) is 2.95. The molecule has 0 aromatic heterocycles. The predicted molar refractivity (Wildman–Crippen MR) is 79.3 cm³/mol. The van der Waals surface area contributed by atoms with Crippen LogP contribution in [0.15, 0.2) is 23.1 Å². The minimum atomic E-state index is -4.04. The summed E-state index contributed by atoms with van der Waals surface area (Å²) in [5.41, 5.74) is 0. The molecule has 0 radical (unpaired) electrons. The van der Waals surface area contributed by atoms with Crippen molar-refractivity contribution in [1.29, 1.82) is 0 Å². The Bertz CT molecular complexity index is 603. The molecular formula is C13H18ClNO5S. The van der Waals surface area contributed by atoms with Crippen LogP contribution in [0.25, 0.3) is 0 Å². The van der Waals surface area contributed by atoms with Gasteiger partial charge in [0, 0.05) is 5.02 Å². The number of halogens is 1. The normalized spacial score (nSPS) is 12.9. The molecule has 0 aliphatic heterocycles. The number of rotatable bonds is 8. The maximum absolute atomic E-state index is 12.3. The molecule has 21 heavy (non-hydrogen) atoms. The minimum Gasteiger partial charge on any atom is -0.495 e. The third kappa shape index (κ3) is 4.87. The van der Waals surface area contributed by atoms with Crippen LogP contribution in [0.4, 0.5) is 0 Å². The van der Waals surface area contributed by atoms with Crippen molar-refractivity contribution in [2.24, 2.45) is 0 Å². The topological polar surface area (TPSA) is 92.7 Å².